The lowest BCUT2D eigenvalue weighted by atomic mass is 9.94. The monoisotopic (exact) mass is 484 g/mol. The molecule has 27 heavy (non-hydrogen) atoms. The molecule has 0 radical (unpaired) electrons. The molecule has 2 atom stereocenters. The normalized spacial score (nSPS) is 16.4. The third kappa shape index (κ3) is 5.41. The Bertz CT molecular complexity index is 836. The Balaban J connectivity index is 3.66. The molecule has 0 spiro atoms. The molecule has 0 aliphatic heterocycles. The molecule has 5 nitrogen and oxygen atoms in total. The smallest absolute Gasteiger partial charge is 0.171 e. The molecule has 152 valence electrons. The summed E-state index contributed by atoms with van der Waals surface area (Å²) in [5.41, 5.74) is -2.41. The summed E-state index contributed by atoms with van der Waals surface area (Å²) in [4.78, 5) is 0. The molecule has 1 unspecified atom stereocenters. The molecule has 0 fully saturated rings. The lowest BCUT2D eigenvalue weighted by molar-refractivity contribution is 0.298. The fourth-order valence-electron chi connectivity index (χ4n) is 2.07. The van der Waals surface area contributed by atoms with Crippen LogP contribution in [0.15, 0.2) is 22.7 Å². The second-order valence-electron chi connectivity index (χ2n) is 7.70. The zero-order valence-electron chi connectivity index (χ0n) is 15.8. The molecule has 1 rings (SSSR count). The van der Waals surface area contributed by atoms with E-state index in [2.05, 4.69) is 20.7 Å². The fourth-order valence-corrected chi connectivity index (χ4v) is 4.87. The van der Waals surface area contributed by atoms with Crippen molar-refractivity contribution in [1.29, 1.82) is 5.26 Å². The zero-order valence-corrected chi connectivity index (χ0v) is 19.0. The van der Waals surface area contributed by atoms with Crippen molar-refractivity contribution in [2.75, 3.05) is 12.4 Å². The van der Waals surface area contributed by atoms with Crippen LogP contribution in [0.1, 0.15) is 40.2 Å². The van der Waals surface area contributed by atoms with E-state index in [1.807, 2.05) is 0 Å². The number of hydrogen-bond acceptors (Lipinski definition) is 5. The zero-order chi connectivity index (χ0) is 21.3. The Morgan fingerprint density at radius 1 is 1.30 bits per heavy atom. The number of nitrogens with one attached hydrogen (secondary N) is 1. The maximum absolute atomic E-state index is 14.6. The summed E-state index contributed by atoms with van der Waals surface area (Å²) in [7, 11) is -4.23. The topological polar surface area (TPSA) is 93.0 Å². The predicted octanol–water partition coefficient (Wildman–Crippen LogP) is 3.52. The first-order chi connectivity index (χ1) is 12.1. The average molecular weight is 485 g/mol. The van der Waals surface area contributed by atoms with Crippen LogP contribution in [0.3, 0.4) is 0 Å². The van der Waals surface area contributed by atoms with Crippen LogP contribution >= 0.6 is 15.9 Å². The van der Waals surface area contributed by atoms with E-state index in [0.717, 1.165) is 6.07 Å². The van der Waals surface area contributed by atoms with Gasteiger partial charge in [-0.25, -0.2) is 17.2 Å². The molecule has 0 heterocycles. The largest absolute Gasteiger partial charge is 0.598 e. The Labute approximate surface area is 170 Å². The van der Waals surface area contributed by atoms with Gasteiger partial charge in [0.25, 0.3) is 0 Å². The first kappa shape index (κ1) is 24.3. The summed E-state index contributed by atoms with van der Waals surface area (Å²) in [6.45, 7) is 5.87. The van der Waals surface area contributed by atoms with Crippen LogP contribution in [-0.2, 0) is 26.7 Å². The van der Waals surface area contributed by atoms with Gasteiger partial charge in [-0.05, 0) is 52.8 Å². The molecule has 1 aromatic carbocycles. The molecule has 0 aliphatic rings. The predicted molar refractivity (Wildman–Crippen MR) is 106 cm³/mol. The van der Waals surface area contributed by atoms with Gasteiger partial charge in [0.2, 0.25) is 0 Å². The fraction of sp³-hybridized carbons (Fsp3) is 0.588. The molecule has 0 saturated carbocycles. The van der Waals surface area contributed by atoms with Crippen molar-refractivity contribution in [2.45, 2.75) is 49.7 Å². The lowest BCUT2D eigenvalue weighted by Crippen LogP contribution is -2.58. The molecule has 0 aliphatic carbocycles. The van der Waals surface area contributed by atoms with E-state index in [9.17, 15) is 27.0 Å². The number of benzene rings is 1. The van der Waals surface area contributed by atoms with E-state index in [4.69, 9.17) is 0 Å². The van der Waals surface area contributed by atoms with Gasteiger partial charge in [-0.2, -0.15) is 5.26 Å². The van der Waals surface area contributed by atoms with Gasteiger partial charge in [0, 0.05) is 21.4 Å². The molecule has 10 heteroatoms. The summed E-state index contributed by atoms with van der Waals surface area (Å²) in [5.74, 6) is -1.79. The van der Waals surface area contributed by atoms with Crippen molar-refractivity contribution in [3.8, 4) is 6.07 Å². The van der Waals surface area contributed by atoms with Crippen molar-refractivity contribution < 1.29 is 21.8 Å². The molecule has 0 saturated heterocycles. The number of nitrogens with zero attached hydrogens (tertiary/aromatic N) is 1. The first-order valence-corrected chi connectivity index (χ1v) is 11.6. The minimum Gasteiger partial charge on any atom is -0.598 e. The average Bonchev–Trinajstić information content (AvgIpc) is 2.54. The van der Waals surface area contributed by atoms with Crippen molar-refractivity contribution in [3.05, 3.63) is 34.1 Å². The Morgan fingerprint density at radius 2 is 1.85 bits per heavy atom. The van der Waals surface area contributed by atoms with Crippen molar-refractivity contribution in [2.24, 2.45) is 0 Å². The van der Waals surface area contributed by atoms with Crippen LogP contribution in [0.2, 0.25) is 0 Å². The standard InChI is InChI=1S/C17H23BrF2N2O3S2/c1-15(2,3)26(23)22-17(9-19,11-27(24,25)16(4,5)10-21)13-8-12(18)6-7-14(13)20/h6-8,22H,9,11H2,1-5H3/t17?,26-/m1/s1. The SMILES string of the molecule is CC(C)(C)[S@@+]([O-])NC(CF)(CS(=O)(=O)C(C)(C)C#N)c1cc(Br)ccc1F. The van der Waals surface area contributed by atoms with Gasteiger partial charge in [-0.1, -0.05) is 15.9 Å². The van der Waals surface area contributed by atoms with Crippen LogP contribution in [0.25, 0.3) is 0 Å². The van der Waals surface area contributed by atoms with Crippen molar-refractivity contribution in [1.82, 2.24) is 4.72 Å². The number of nitriles is 1. The van der Waals surface area contributed by atoms with Crippen LogP contribution in [-0.4, -0.2) is 34.9 Å². The van der Waals surface area contributed by atoms with E-state index in [-0.39, 0.29) is 5.56 Å². The van der Waals surface area contributed by atoms with Crippen LogP contribution in [0.4, 0.5) is 8.78 Å². The summed E-state index contributed by atoms with van der Waals surface area (Å²) in [5, 5.41) is 9.19. The number of sulfone groups is 1. The highest BCUT2D eigenvalue weighted by atomic mass is 79.9. The van der Waals surface area contributed by atoms with E-state index in [1.54, 1.807) is 26.8 Å². The van der Waals surface area contributed by atoms with Crippen molar-refractivity contribution >= 4 is 37.1 Å². The summed E-state index contributed by atoms with van der Waals surface area (Å²) >= 11 is 1.26. The van der Waals surface area contributed by atoms with Gasteiger partial charge in [-0.15, -0.1) is 4.72 Å². The molecular weight excluding hydrogens is 462 g/mol. The minimum atomic E-state index is -4.23. The van der Waals surface area contributed by atoms with Crippen LogP contribution in [0.5, 0.6) is 0 Å². The first-order valence-electron chi connectivity index (χ1n) is 7.97. The highest BCUT2D eigenvalue weighted by Gasteiger charge is 2.49. The second kappa shape index (κ2) is 8.33. The van der Waals surface area contributed by atoms with E-state index in [1.165, 1.54) is 26.0 Å². The van der Waals surface area contributed by atoms with E-state index in [0.29, 0.717) is 4.47 Å². The lowest BCUT2D eigenvalue weighted by Gasteiger charge is -2.37. The third-order valence-corrected chi connectivity index (χ3v) is 8.70. The quantitative estimate of drug-likeness (QED) is 0.597. The van der Waals surface area contributed by atoms with Crippen LogP contribution < -0.4 is 4.72 Å². The minimum absolute atomic E-state index is 0.283. The number of alkyl halides is 1. The molecule has 1 aromatic rings. The number of halogens is 3. The Morgan fingerprint density at radius 3 is 2.30 bits per heavy atom. The van der Waals surface area contributed by atoms with E-state index >= 15 is 0 Å². The van der Waals surface area contributed by atoms with Crippen LogP contribution in [0, 0.1) is 17.1 Å². The summed E-state index contributed by atoms with van der Waals surface area (Å²) in [6.07, 6.45) is 0. The van der Waals surface area contributed by atoms with Crippen molar-refractivity contribution in [3.63, 3.8) is 0 Å². The van der Waals surface area contributed by atoms with E-state index < -0.39 is 54.5 Å². The second-order valence-corrected chi connectivity index (χ2v) is 13.1. The van der Waals surface area contributed by atoms with Gasteiger partial charge >= 0.3 is 0 Å². The highest BCUT2D eigenvalue weighted by molar-refractivity contribution is 9.10. The molecule has 0 bridgehead atoms. The number of hydrogen-bond donors (Lipinski definition) is 1. The Hall–Kier alpha value is -0.730. The molecule has 1 N–H and O–H groups in total. The highest BCUT2D eigenvalue weighted by Crippen LogP contribution is 2.34. The molecule has 0 aromatic heterocycles. The maximum atomic E-state index is 14.6. The summed E-state index contributed by atoms with van der Waals surface area (Å²) < 4.78 is 67.4. The van der Waals surface area contributed by atoms with Gasteiger partial charge in [-0.3, -0.25) is 0 Å². The van der Waals surface area contributed by atoms with Gasteiger partial charge in [0.05, 0.1) is 11.8 Å². The maximum Gasteiger partial charge on any atom is 0.171 e. The Kier molecular flexibility index (Phi) is 7.50. The summed E-state index contributed by atoms with van der Waals surface area (Å²) in [6, 6.07) is 5.37. The van der Waals surface area contributed by atoms with Gasteiger partial charge in [0.1, 0.15) is 22.8 Å². The van der Waals surface area contributed by atoms with Gasteiger partial charge < -0.3 is 4.55 Å². The van der Waals surface area contributed by atoms with Gasteiger partial charge in [0.15, 0.2) is 14.6 Å². The molecule has 0 amide bonds. The molecular formula is C17H23BrF2N2O3S2. The third-order valence-electron chi connectivity index (χ3n) is 4.00. The number of rotatable bonds is 7.